The lowest BCUT2D eigenvalue weighted by Gasteiger charge is -2.27. The second kappa shape index (κ2) is 11.0. The maximum absolute atomic E-state index is 12.5. The molecular weight excluding hydrogens is 334 g/mol. The lowest BCUT2D eigenvalue weighted by Crippen LogP contribution is -2.42. The Bertz CT molecular complexity index is 407. The summed E-state index contributed by atoms with van der Waals surface area (Å²) in [6.07, 6.45) is 2.83. The number of amides is 1. The van der Waals surface area contributed by atoms with Crippen LogP contribution in [0.25, 0.3) is 0 Å². The number of carbonyl (C=O) groups is 3. The van der Waals surface area contributed by atoms with E-state index in [9.17, 15) is 14.4 Å². The van der Waals surface area contributed by atoms with Crippen LogP contribution in [0.3, 0.4) is 0 Å². The van der Waals surface area contributed by atoms with Gasteiger partial charge in [0, 0.05) is 25.1 Å². The summed E-state index contributed by atoms with van der Waals surface area (Å²) in [5.41, 5.74) is -0.568. The summed E-state index contributed by atoms with van der Waals surface area (Å²) < 4.78 is 5.31. The highest BCUT2D eigenvalue weighted by Crippen LogP contribution is 2.14. The molecule has 1 amide bonds. The van der Waals surface area contributed by atoms with E-state index in [0.29, 0.717) is 12.3 Å². The highest BCUT2D eigenvalue weighted by atomic mass is 32.2. The van der Waals surface area contributed by atoms with Crippen molar-refractivity contribution in [3.05, 3.63) is 0 Å². The van der Waals surface area contributed by atoms with E-state index in [1.165, 1.54) is 6.92 Å². The zero-order chi connectivity index (χ0) is 18.0. The lowest BCUT2D eigenvalue weighted by atomic mass is 10.1. The van der Waals surface area contributed by atoms with Gasteiger partial charge in [-0.15, -0.1) is 0 Å². The number of hydrogen-bond donors (Lipinski definition) is 0. The Morgan fingerprint density at radius 3 is 2.30 bits per heavy atom. The minimum atomic E-state index is -0.568. The van der Waals surface area contributed by atoms with Crippen LogP contribution in [0.15, 0.2) is 0 Å². The summed E-state index contributed by atoms with van der Waals surface area (Å²) in [6, 6.07) is 0. The Morgan fingerprint density at radius 1 is 1.22 bits per heavy atom. The minimum absolute atomic E-state index is 0.00859. The van der Waals surface area contributed by atoms with Gasteiger partial charge in [0.1, 0.15) is 12.1 Å². The summed E-state index contributed by atoms with van der Waals surface area (Å²) in [5.74, 6) is 0.545. The van der Waals surface area contributed by atoms with E-state index >= 15 is 0 Å². The molecule has 0 saturated heterocycles. The van der Waals surface area contributed by atoms with E-state index in [2.05, 4.69) is 0 Å². The monoisotopic (exact) mass is 363 g/mol. The van der Waals surface area contributed by atoms with E-state index in [0.717, 1.165) is 23.9 Å². The Hall–Kier alpha value is -0.690. The number of esters is 1. The van der Waals surface area contributed by atoms with Crippen molar-refractivity contribution in [3.63, 3.8) is 0 Å². The number of nitrogens with zero attached hydrogens (tertiary/aromatic N) is 1. The van der Waals surface area contributed by atoms with Crippen LogP contribution in [0.1, 0.15) is 41.0 Å². The number of thioether (sulfide) groups is 2. The largest absolute Gasteiger partial charge is 0.459 e. The molecule has 1 atom stereocenters. The Labute approximate surface area is 148 Å². The number of ether oxygens (including phenoxy) is 1. The fraction of sp³-hybridized carbons (Fsp3) is 0.812. The van der Waals surface area contributed by atoms with Gasteiger partial charge in [-0.1, -0.05) is 18.7 Å². The standard InChI is InChI=1S/C16H29NO4S2/c1-12(11-23-13(2)18)15(20)17(8-7-9-22-6)10-14(19)21-16(3,4)5/h12H,7-11H2,1-6H3. The molecule has 5 nitrogen and oxygen atoms in total. The molecule has 0 aromatic heterocycles. The van der Waals surface area contributed by atoms with Crippen LogP contribution < -0.4 is 0 Å². The van der Waals surface area contributed by atoms with Gasteiger partial charge in [-0.05, 0) is 39.2 Å². The van der Waals surface area contributed by atoms with Gasteiger partial charge in [0.2, 0.25) is 5.91 Å². The molecule has 0 aliphatic heterocycles. The molecule has 0 heterocycles. The summed E-state index contributed by atoms with van der Waals surface area (Å²) in [7, 11) is 0. The van der Waals surface area contributed by atoms with E-state index < -0.39 is 11.6 Å². The van der Waals surface area contributed by atoms with E-state index in [1.807, 2.05) is 6.26 Å². The third-order valence-corrected chi connectivity index (χ3v) is 4.56. The van der Waals surface area contributed by atoms with Gasteiger partial charge in [-0.2, -0.15) is 11.8 Å². The van der Waals surface area contributed by atoms with Crippen molar-refractivity contribution in [2.75, 3.05) is 30.9 Å². The molecule has 0 spiro atoms. The minimum Gasteiger partial charge on any atom is -0.459 e. The summed E-state index contributed by atoms with van der Waals surface area (Å²) in [6.45, 7) is 9.16. The Morgan fingerprint density at radius 2 is 1.83 bits per heavy atom. The number of rotatable bonds is 9. The first kappa shape index (κ1) is 22.3. The Balaban J connectivity index is 4.73. The Kier molecular flexibility index (Phi) is 10.6. The van der Waals surface area contributed by atoms with E-state index in [-0.39, 0.29) is 23.5 Å². The van der Waals surface area contributed by atoms with Gasteiger partial charge in [0.05, 0.1) is 0 Å². The second-order valence-corrected chi connectivity index (χ2v) is 8.58. The summed E-state index contributed by atoms with van der Waals surface area (Å²) in [5, 5.41) is -0.00859. The average Bonchev–Trinajstić information content (AvgIpc) is 2.41. The molecule has 0 N–H and O–H groups in total. The fourth-order valence-electron chi connectivity index (χ4n) is 1.82. The SMILES string of the molecule is CSCCCN(CC(=O)OC(C)(C)C)C(=O)C(C)CSC(C)=O. The van der Waals surface area contributed by atoms with Crippen molar-refractivity contribution < 1.29 is 19.1 Å². The molecule has 134 valence electrons. The first-order valence-electron chi connectivity index (χ1n) is 7.69. The van der Waals surface area contributed by atoms with Crippen LogP contribution in [0.4, 0.5) is 0 Å². The topological polar surface area (TPSA) is 63.7 Å². The van der Waals surface area contributed by atoms with Gasteiger partial charge >= 0.3 is 5.97 Å². The molecule has 0 radical (unpaired) electrons. The molecule has 0 rings (SSSR count). The first-order chi connectivity index (χ1) is 10.6. The number of carbonyl (C=O) groups excluding carboxylic acids is 3. The molecule has 7 heteroatoms. The van der Waals surface area contributed by atoms with Gasteiger partial charge in [0.25, 0.3) is 0 Å². The summed E-state index contributed by atoms with van der Waals surface area (Å²) >= 11 is 2.84. The van der Waals surface area contributed by atoms with Crippen LogP contribution in [0.5, 0.6) is 0 Å². The first-order valence-corrected chi connectivity index (χ1v) is 10.1. The molecule has 0 bridgehead atoms. The highest BCUT2D eigenvalue weighted by Gasteiger charge is 2.25. The fourth-order valence-corrected chi connectivity index (χ4v) is 2.87. The average molecular weight is 364 g/mol. The second-order valence-electron chi connectivity index (χ2n) is 6.40. The predicted octanol–water partition coefficient (Wildman–Crippen LogP) is 2.83. The van der Waals surface area contributed by atoms with Gasteiger partial charge < -0.3 is 9.64 Å². The normalized spacial score (nSPS) is 12.6. The third-order valence-electron chi connectivity index (χ3n) is 2.79. The van der Waals surface area contributed by atoms with Crippen molar-refractivity contribution in [1.82, 2.24) is 4.90 Å². The highest BCUT2D eigenvalue weighted by molar-refractivity contribution is 8.13. The van der Waals surface area contributed by atoms with Crippen molar-refractivity contribution in [2.24, 2.45) is 5.92 Å². The van der Waals surface area contributed by atoms with Crippen LogP contribution in [-0.2, 0) is 19.1 Å². The molecule has 0 fully saturated rings. The maximum Gasteiger partial charge on any atom is 0.326 e. The van der Waals surface area contributed by atoms with Crippen LogP contribution >= 0.6 is 23.5 Å². The van der Waals surface area contributed by atoms with Crippen molar-refractivity contribution >= 4 is 40.5 Å². The molecule has 23 heavy (non-hydrogen) atoms. The zero-order valence-electron chi connectivity index (χ0n) is 15.0. The predicted molar refractivity (Wildman–Crippen MR) is 97.7 cm³/mol. The molecule has 0 aromatic carbocycles. The molecule has 0 aliphatic carbocycles. The van der Waals surface area contributed by atoms with Crippen molar-refractivity contribution in [1.29, 1.82) is 0 Å². The zero-order valence-corrected chi connectivity index (χ0v) is 16.6. The van der Waals surface area contributed by atoms with Crippen LogP contribution in [-0.4, -0.2) is 58.3 Å². The molecule has 0 saturated carbocycles. The summed E-state index contributed by atoms with van der Waals surface area (Å²) in [4.78, 5) is 37.2. The van der Waals surface area contributed by atoms with Crippen molar-refractivity contribution in [2.45, 2.75) is 46.6 Å². The quantitative estimate of drug-likeness (QED) is 0.464. The van der Waals surface area contributed by atoms with Crippen molar-refractivity contribution in [3.8, 4) is 0 Å². The number of hydrogen-bond acceptors (Lipinski definition) is 6. The molecule has 0 aliphatic rings. The van der Waals surface area contributed by atoms with Gasteiger partial charge in [0.15, 0.2) is 5.12 Å². The lowest BCUT2D eigenvalue weighted by molar-refractivity contribution is -0.159. The third kappa shape index (κ3) is 11.5. The van der Waals surface area contributed by atoms with Gasteiger partial charge in [-0.25, -0.2) is 0 Å². The molecule has 1 unspecified atom stereocenters. The van der Waals surface area contributed by atoms with E-state index in [1.54, 1.807) is 44.4 Å². The van der Waals surface area contributed by atoms with Crippen LogP contribution in [0.2, 0.25) is 0 Å². The van der Waals surface area contributed by atoms with Gasteiger partial charge in [-0.3, -0.25) is 14.4 Å². The maximum atomic E-state index is 12.5. The van der Waals surface area contributed by atoms with Crippen LogP contribution in [0, 0.1) is 5.92 Å². The molecule has 0 aromatic rings. The smallest absolute Gasteiger partial charge is 0.326 e. The van der Waals surface area contributed by atoms with E-state index in [4.69, 9.17) is 4.74 Å². The molecular formula is C16H29NO4S2.